The maximum atomic E-state index is 6.12. The van der Waals surface area contributed by atoms with Crippen molar-refractivity contribution < 1.29 is 4.52 Å². The topological polar surface area (TPSA) is 77.8 Å². The maximum absolute atomic E-state index is 6.12. The zero-order valence-corrected chi connectivity index (χ0v) is 12.3. The standard InChI is InChI=1S/C15H22N4O/c1-15(2,3)9-12(16)8-14-18-13(19-20-14)7-11-5-4-6-17-10-11/h4-6,10,12H,7-9,16H2,1-3H3. The summed E-state index contributed by atoms with van der Waals surface area (Å²) in [4.78, 5) is 8.46. The fraction of sp³-hybridized carbons (Fsp3) is 0.533. The average Bonchev–Trinajstić information content (AvgIpc) is 2.75. The first-order chi connectivity index (χ1) is 9.42. The van der Waals surface area contributed by atoms with Gasteiger partial charge in [0.2, 0.25) is 5.89 Å². The molecule has 0 spiro atoms. The van der Waals surface area contributed by atoms with Crippen molar-refractivity contribution in [1.82, 2.24) is 15.1 Å². The van der Waals surface area contributed by atoms with Crippen LogP contribution in [0.3, 0.4) is 0 Å². The van der Waals surface area contributed by atoms with E-state index in [4.69, 9.17) is 10.3 Å². The molecular weight excluding hydrogens is 252 g/mol. The van der Waals surface area contributed by atoms with Gasteiger partial charge >= 0.3 is 0 Å². The first kappa shape index (κ1) is 14.7. The Morgan fingerprint density at radius 1 is 1.35 bits per heavy atom. The summed E-state index contributed by atoms with van der Waals surface area (Å²) in [6, 6.07) is 3.94. The molecule has 0 saturated heterocycles. The third-order valence-electron chi connectivity index (χ3n) is 2.91. The second kappa shape index (κ2) is 6.13. The SMILES string of the molecule is CC(C)(C)CC(N)Cc1nc(Cc2cccnc2)no1. The van der Waals surface area contributed by atoms with Gasteiger partial charge in [-0.15, -0.1) is 0 Å². The van der Waals surface area contributed by atoms with Crippen LogP contribution in [-0.2, 0) is 12.8 Å². The summed E-state index contributed by atoms with van der Waals surface area (Å²) in [5.41, 5.74) is 7.39. The van der Waals surface area contributed by atoms with Gasteiger partial charge in [0.25, 0.3) is 0 Å². The van der Waals surface area contributed by atoms with Crippen molar-refractivity contribution in [2.45, 2.75) is 46.1 Å². The smallest absolute Gasteiger partial charge is 0.228 e. The lowest BCUT2D eigenvalue weighted by molar-refractivity contribution is 0.312. The Kier molecular flexibility index (Phi) is 4.49. The molecule has 2 aromatic rings. The van der Waals surface area contributed by atoms with Gasteiger partial charge in [-0.05, 0) is 23.5 Å². The van der Waals surface area contributed by atoms with Gasteiger partial charge in [0, 0.05) is 31.3 Å². The van der Waals surface area contributed by atoms with Crippen LogP contribution in [0.15, 0.2) is 29.0 Å². The van der Waals surface area contributed by atoms with E-state index in [1.165, 1.54) is 0 Å². The Balaban J connectivity index is 1.92. The second-order valence-electron chi connectivity index (χ2n) is 6.37. The summed E-state index contributed by atoms with van der Waals surface area (Å²) in [7, 11) is 0. The molecule has 0 radical (unpaired) electrons. The Morgan fingerprint density at radius 3 is 2.80 bits per heavy atom. The summed E-state index contributed by atoms with van der Waals surface area (Å²) < 4.78 is 5.26. The normalized spacial score (nSPS) is 13.4. The van der Waals surface area contributed by atoms with E-state index >= 15 is 0 Å². The Morgan fingerprint density at radius 2 is 2.15 bits per heavy atom. The van der Waals surface area contributed by atoms with Crippen LogP contribution in [0.2, 0.25) is 0 Å². The number of hydrogen-bond donors (Lipinski definition) is 1. The third-order valence-corrected chi connectivity index (χ3v) is 2.91. The molecule has 0 aliphatic heterocycles. The first-order valence-electron chi connectivity index (χ1n) is 6.88. The minimum atomic E-state index is 0.0432. The van der Waals surface area contributed by atoms with E-state index in [9.17, 15) is 0 Å². The highest BCUT2D eigenvalue weighted by Crippen LogP contribution is 2.21. The maximum Gasteiger partial charge on any atom is 0.228 e. The van der Waals surface area contributed by atoms with E-state index in [-0.39, 0.29) is 11.5 Å². The highest BCUT2D eigenvalue weighted by atomic mass is 16.5. The zero-order valence-electron chi connectivity index (χ0n) is 12.3. The third kappa shape index (κ3) is 4.74. The van der Waals surface area contributed by atoms with E-state index in [1.807, 2.05) is 12.1 Å². The van der Waals surface area contributed by atoms with Crippen molar-refractivity contribution in [2.24, 2.45) is 11.1 Å². The number of rotatable bonds is 5. The van der Waals surface area contributed by atoms with Crippen molar-refractivity contribution in [3.05, 3.63) is 41.8 Å². The predicted molar refractivity (Wildman–Crippen MR) is 77.1 cm³/mol. The van der Waals surface area contributed by atoms with E-state index in [1.54, 1.807) is 12.4 Å². The van der Waals surface area contributed by atoms with Crippen LogP contribution in [0.1, 0.15) is 44.5 Å². The molecule has 2 heterocycles. The molecule has 0 bridgehead atoms. The highest BCUT2D eigenvalue weighted by Gasteiger charge is 2.18. The number of aromatic nitrogens is 3. The number of hydrogen-bond acceptors (Lipinski definition) is 5. The van der Waals surface area contributed by atoms with E-state index in [0.29, 0.717) is 24.6 Å². The lowest BCUT2D eigenvalue weighted by Gasteiger charge is -2.21. The molecule has 1 atom stereocenters. The van der Waals surface area contributed by atoms with Crippen LogP contribution in [0, 0.1) is 5.41 Å². The monoisotopic (exact) mass is 274 g/mol. The van der Waals surface area contributed by atoms with E-state index < -0.39 is 0 Å². The van der Waals surface area contributed by atoms with Gasteiger partial charge in [-0.3, -0.25) is 4.98 Å². The molecule has 0 saturated carbocycles. The summed E-state index contributed by atoms with van der Waals surface area (Å²) >= 11 is 0. The van der Waals surface area contributed by atoms with Crippen molar-refractivity contribution in [2.75, 3.05) is 0 Å². The van der Waals surface area contributed by atoms with Gasteiger partial charge in [-0.2, -0.15) is 4.98 Å². The van der Waals surface area contributed by atoms with Crippen molar-refractivity contribution in [3.63, 3.8) is 0 Å². The van der Waals surface area contributed by atoms with Gasteiger partial charge in [0.1, 0.15) is 0 Å². The van der Waals surface area contributed by atoms with Gasteiger partial charge in [-0.25, -0.2) is 0 Å². The molecule has 2 rings (SSSR count). The predicted octanol–water partition coefficient (Wildman–Crippen LogP) is 2.36. The average molecular weight is 274 g/mol. The molecule has 1 unspecified atom stereocenters. The van der Waals surface area contributed by atoms with Gasteiger partial charge < -0.3 is 10.3 Å². The zero-order chi connectivity index (χ0) is 14.6. The summed E-state index contributed by atoms with van der Waals surface area (Å²) in [5.74, 6) is 1.29. The molecule has 2 aromatic heterocycles. The minimum Gasteiger partial charge on any atom is -0.339 e. The molecular formula is C15H22N4O. The van der Waals surface area contributed by atoms with Crippen molar-refractivity contribution in [1.29, 1.82) is 0 Å². The molecule has 0 aliphatic carbocycles. The lowest BCUT2D eigenvalue weighted by atomic mass is 9.87. The van der Waals surface area contributed by atoms with Gasteiger partial charge in [0.05, 0.1) is 0 Å². The highest BCUT2D eigenvalue weighted by molar-refractivity contribution is 5.13. The van der Waals surface area contributed by atoms with E-state index in [2.05, 4.69) is 35.9 Å². The van der Waals surface area contributed by atoms with Crippen LogP contribution >= 0.6 is 0 Å². The Hall–Kier alpha value is -1.75. The van der Waals surface area contributed by atoms with Crippen LogP contribution < -0.4 is 5.73 Å². The fourth-order valence-corrected chi connectivity index (χ4v) is 2.21. The van der Waals surface area contributed by atoms with E-state index in [0.717, 1.165) is 12.0 Å². The van der Waals surface area contributed by atoms with Crippen LogP contribution in [0.4, 0.5) is 0 Å². The molecule has 2 N–H and O–H groups in total. The quantitative estimate of drug-likeness (QED) is 0.905. The molecule has 20 heavy (non-hydrogen) atoms. The molecule has 5 nitrogen and oxygen atoms in total. The molecule has 0 aliphatic rings. The van der Waals surface area contributed by atoms with Crippen LogP contribution in [-0.4, -0.2) is 21.2 Å². The number of nitrogens with zero attached hydrogens (tertiary/aromatic N) is 3. The molecule has 0 aromatic carbocycles. The largest absolute Gasteiger partial charge is 0.339 e. The summed E-state index contributed by atoms with van der Waals surface area (Å²) in [6.45, 7) is 6.53. The first-order valence-corrected chi connectivity index (χ1v) is 6.88. The molecule has 5 heteroatoms. The lowest BCUT2D eigenvalue weighted by Crippen LogP contribution is -2.28. The molecule has 108 valence electrons. The minimum absolute atomic E-state index is 0.0432. The number of nitrogens with two attached hydrogens (primary N) is 1. The van der Waals surface area contributed by atoms with Gasteiger partial charge in [0.15, 0.2) is 5.82 Å². The molecule has 0 fully saturated rings. The van der Waals surface area contributed by atoms with Gasteiger partial charge in [-0.1, -0.05) is 32.0 Å². The molecule has 0 amide bonds. The Bertz CT molecular complexity index is 530. The summed E-state index contributed by atoms with van der Waals surface area (Å²) in [5, 5.41) is 3.99. The van der Waals surface area contributed by atoms with Crippen molar-refractivity contribution >= 4 is 0 Å². The second-order valence-corrected chi connectivity index (χ2v) is 6.37. The van der Waals surface area contributed by atoms with Crippen molar-refractivity contribution in [3.8, 4) is 0 Å². The van der Waals surface area contributed by atoms with Crippen LogP contribution in [0.25, 0.3) is 0 Å². The van der Waals surface area contributed by atoms with Crippen LogP contribution in [0.5, 0.6) is 0 Å². The fourth-order valence-electron chi connectivity index (χ4n) is 2.21. The Labute approximate surface area is 119 Å². The number of pyridine rings is 1. The summed E-state index contributed by atoms with van der Waals surface area (Å²) in [6.07, 6.45) is 5.73.